The van der Waals surface area contributed by atoms with E-state index in [0.29, 0.717) is 6.32 Å². The summed E-state index contributed by atoms with van der Waals surface area (Å²) < 4.78 is 0. The first kappa shape index (κ1) is 22.0. The summed E-state index contributed by atoms with van der Waals surface area (Å²) in [5.74, 6) is 0. The maximum absolute atomic E-state index is 6.26. The summed E-state index contributed by atoms with van der Waals surface area (Å²) in [5, 5.41) is 15.9. The zero-order valence-electron chi connectivity index (χ0n) is 21.9. The van der Waals surface area contributed by atoms with Gasteiger partial charge in [0.05, 0.1) is 7.85 Å². The largest absolute Gasteiger partial charge is 0.0716 e. The second-order valence-corrected chi connectivity index (χ2v) is 10.9. The molecule has 0 bridgehead atoms. The predicted molar refractivity (Wildman–Crippen MR) is 174 cm³/mol. The van der Waals surface area contributed by atoms with Gasteiger partial charge in [0.25, 0.3) is 0 Å². The van der Waals surface area contributed by atoms with E-state index < -0.39 is 0 Å². The highest BCUT2D eigenvalue weighted by atomic mass is 14.3. The van der Waals surface area contributed by atoms with Crippen LogP contribution in [0.15, 0.2) is 127 Å². The SMILES string of the molecule is [B]Cc1ccc2c3c(-c4ccccc4)c4c5cccc6cccc(c4c(-c4ccccc4)c3c3cccc1c32)c65. The summed E-state index contributed by atoms with van der Waals surface area (Å²) in [4.78, 5) is 0. The lowest BCUT2D eigenvalue weighted by atomic mass is 9.87. The normalized spacial score (nSPS) is 12.2. The van der Waals surface area contributed by atoms with Gasteiger partial charge in [0.15, 0.2) is 0 Å². The van der Waals surface area contributed by atoms with E-state index in [1.165, 1.54) is 92.5 Å². The van der Waals surface area contributed by atoms with Crippen molar-refractivity contribution in [3.8, 4) is 22.3 Å². The van der Waals surface area contributed by atoms with Crippen LogP contribution in [0, 0.1) is 0 Å². The molecule has 0 fully saturated rings. The summed E-state index contributed by atoms with van der Waals surface area (Å²) in [6.07, 6.45) is 0.527. The number of fused-ring (bicyclic) bond motifs is 6. The molecule has 0 saturated heterocycles. The van der Waals surface area contributed by atoms with Crippen LogP contribution < -0.4 is 0 Å². The Hall–Kier alpha value is -4.88. The summed E-state index contributed by atoms with van der Waals surface area (Å²) >= 11 is 0. The van der Waals surface area contributed by atoms with Crippen LogP contribution >= 0.6 is 0 Å². The quantitative estimate of drug-likeness (QED) is 0.211. The summed E-state index contributed by atoms with van der Waals surface area (Å²) in [6, 6.07) is 46.8. The van der Waals surface area contributed by atoms with Gasteiger partial charge >= 0.3 is 0 Å². The van der Waals surface area contributed by atoms with Crippen molar-refractivity contribution in [1.29, 1.82) is 0 Å². The van der Waals surface area contributed by atoms with Crippen LogP contribution in [0.4, 0.5) is 0 Å². The Labute approximate surface area is 233 Å². The van der Waals surface area contributed by atoms with Crippen molar-refractivity contribution in [3.05, 3.63) is 133 Å². The van der Waals surface area contributed by atoms with E-state index in [1.807, 2.05) is 0 Å². The van der Waals surface area contributed by atoms with E-state index in [1.54, 1.807) is 0 Å². The molecule has 1 heteroatoms. The highest BCUT2D eigenvalue weighted by Crippen LogP contribution is 2.55. The van der Waals surface area contributed by atoms with Gasteiger partial charge in [0.2, 0.25) is 0 Å². The third-order valence-electron chi connectivity index (χ3n) is 8.96. The highest BCUT2D eigenvalue weighted by molar-refractivity contribution is 6.46. The first-order chi connectivity index (χ1) is 19.8. The van der Waals surface area contributed by atoms with Crippen molar-refractivity contribution in [2.75, 3.05) is 0 Å². The molecule has 182 valence electrons. The minimum atomic E-state index is 0.527. The Morgan fingerprint density at radius 2 is 0.800 bits per heavy atom. The van der Waals surface area contributed by atoms with Gasteiger partial charge in [-0.25, -0.2) is 0 Å². The van der Waals surface area contributed by atoms with Crippen LogP contribution in [0.2, 0.25) is 0 Å². The van der Waals surface area contributed by atoms with Crippen molar-refractivity contribution in [1.82, 2.24) is 0 Å². The van der Waals surface area contributed by atoms with Gasteiger partial charge < -0.3 is 0 Å². The molecule has 0 atom stereocenters. The summed E-state index contributed by atoms with van der Waals surface area (Å²) in [6.45, 7) is 0. The molecule has 0 heterocycles. The fraction of sp³-hybridized carbons (Fsp3) is 0.0256. The lowest BCUT2D eigenvalue weighted by Crippen LogP contribution is -1.87. The average molecular weight is 502 g/mol. The fourth-order valence-corrected chi connectivity index (χ4v) is 7.43. The molecule has 0 amide bonds. The Morgan fingerprint density at radius 3 is 1.32 bits per heavy atom. The van der Waals surface area contributed by atoms with Crippen LogP contribution in [-0.2, 0) is 6.32 Å². The fourth-order valence-electron chi connectivity index (χ4n) is 7.43. The standard InChI is InChI=1S/C39H23B/c40-22-26-20-21-31-35-27(26)16-9-19-30(35)38-33(24-10-3-1-4-11-24)36-28-17-7-14-23-15-8-18-29(32(23)28)37(36)34(39(31)38)25-12-5-2-6-13-25/h1-21H,22H2. The second kappa shape index (κ2) is 8.07. The Morgan fingerprint density at radius 1 is 0.350 bits per heavy atom. The van der Waals surface area contributed by atoms with Crippen molar-refractivity contribution in [2.45, 2.75) is 6.32 Å². The van der Waals surface area contributed by atoms with Gasteiger partial charge in [0.1, 0.15) is 0 Å². The monoisotopic (exact) mass is 502 g/mol. The van der Waals surface area contributed by atoms with E-state index in [4.69, 9.17) is 7.85 Å². The van der Waals surface area contributed by atoms with Gasteiger partial charge in [-0.15, -0.1) is 0 Å². The highest BCUT2D eigenvalue weighted by Gasteiger charge is 2.27. The van der Waals surface area contributed by atoms with Crippen molar-refractivity contribution >= 4 is 72.5 Å². The van der Waals surface area contributed by atoms with Crippen molar-refractivity contribution in [3.63, 3.8) is 0 Å². The van der Waals surface area contributed by atoms with E-state index in [0.717, 1.165) is 0 Å². The van der Waals surface area contributed by atoms with Gasteiger partial charge in [-0.2, -0.15) is 0 Å². The number of rotatable bonds is 3. The zero-order chi connectivity index (χ0) is 26.4. The molecule has 40 heavy (non-hydrogen) atoms. The minimum absolute atomic E-state index is 0.527. The second-order valence-electron chi connectivity index (χ2n) is 10.9. The molecular formula is C39H23B. The van der Waals surface area contributed by atoms with Crippen molar-refractivity contribution < 1.29 is 0 Å². The Bertz CT molecular complexity index is 2260. The predicted octanol–water partition coefficient (Wildman–Crippen LogP) is 10.5. The van der Waals surface area contributed by atoms with Gasteiger partial charge in [-0.1, -0.05) is 134 Å². The zero-order valence-corrected chi connectivity index (χ0v) is 21.9. The molecule has 0 N–H and O–H groups in total. The van der Waals surface area contributed by atoms with E-state index in [-0.39, 0.29) is 0 Å². The molecule has 0 unspecified atom stereocenters. The molecule has 0 nitrogen and oxygen atoms in total. The number of hydrogen-bond donors (Lipinski definition) is 0. The summed E-state index contributed by atoms with van der Waals surface area (Å²) in [5.41, 5.74) is 6.35. The number of hydrogen-bond acceptors (Lipinski definition) is 0. The molecule has 0 saturated carbocycles. The first-order valence-corrected chi connectivity index (χ1v) is 14.0. The molecule has 0 aromatic heterocycles. The molecule has 2 radical (unpaired) electrons. The van der Waals surface area contributed by atoms with Crippen LogP contribution in [-0.4, -0.2) is 7.85 Å². The molecule has 9 aromatic carbocycles. The Kier molecular flexibility index (Phi) is 4.44. The Balaban J connectivity index is 1.70. The van der Waals surface area contributed by atoms with E-state index in [9.17, 15) is 0 Å². The van der Waals surface area contributed by atoms with Gasteiger partial charge in [0, 0.05) is 0 Å². The first-order valence-electron chi connectivity index (χ1n) is 14.0. The minimum Gasteiger partial charge on any atom is -0.0637 e. The van der Waals surface area contributed by atoms with Crippen LogP contribution in [0.3, 0.4) is 0 Å². The van der Waals surface area contributed by atoms with Crippen molar-refractivity contribution in [2.24, 2.45) is 0 Å². The third-order valence-corrected chi connectivity index (χ3v) is 8.96. The number of benzene rings is 7. The smallest absolute Gasteiger partial charge is 0.0637 e. The van der Waals surface area contributed by atoms with Gasteiger partial charge in [-0.3, -0.25) is 0 Å². The van der Waals surface area contributed by atoms with E-state index in [2.05, 4.69) is 127 Å². The van der Waals surface area contributed by atoms with Crippen LogP contribution in [0.25, 0.3) is 86.9 Å². The molecule has 0 aliphatic carbocycles. The summed E-state index contributed by atoms with van der Waals surface area (Å²) in [7, 11) is 6.26. The molecular weight excluding hydrogens is 479 g/mol. The average Bonchev–Trinajstić information content (AvgIpc) is 3.53. The molecule has 0 spiro atoms. The lowest BCUT2D eigenvalue weighted by Gasteiger charge is -2.15. The third kappa shape index (κ3) is 2.72. The molecule has 0 aliphatic heterocycles. The van der Waals surface area contributed by atoms with E-state index >= 15 is 0 Å². The molecule has 9 aromatic rings. The maximum Gasteiger partial charge on any atom is 0.0716 e. The molecule has 0 aliphatic rings. The molecule has 9 rings (SSSR count). The maximum atomic E-state index is 6.26. The lowest BCUT2D eigenvalue weighted by molar-refractivity contribution is 1.46. The van der Waals surface area contributed by atoms with Gasteiger partial charge in [-0.05, 0) is 92.5 Å². The van der Waals surface area contributed by atoms with Crippen LogP contribution in [0.5, 0.6) is 0 Å². The van der Waals surface area contributed by atoms with Crippen LogP contribution in [0.1, 0.15) is 5.56 Å². The topological polar surface area (TPSA) is 0 Å².